The summed E-state index contributed by atoms with van der Waals surface area (Å²) in [7, 11) is 0. The topological polar surface area (TPSA) is 55.4 Å². The van der Waals surface area contributed by atoms with Gasteiger partial charge in [0.25, 0.3) is 0 Å². The van der Waals surface area contributed by atoms with Crippen LogP contribution in [0.4, 0.5) is 0 Å². The van der Waals surface area contributed by atoms with Gasteiger partial charge in [0.15, 0.2) is 5.96 Å². The van der Waals surface area contributed by atoms with Crippen molar-refractivity contribution in [3.05, 3.63) is 35.4 Å². The Morgan fingerprint density at radius 3 is 2.27 bits per heavy atom. The molecule has 1 unspecified atom stereocenters. The molecule has 33 heavy (non-hydrogen) atoms. The van der Waals surface area contributed by atoms with Crippen molar-refractivity contribution in [2.75, 3.05) is 78.7 Å². The molecule has 2 fully saturated rings. The second-order valence-corrected chi connectivity index (χ2v) is 9.07. The Kier molecular flexibility index (Phi) is 13.6. The first-order chi connectivity index (χ1) is 15.7. The van der Waals surface area contributed by atoms with Gasteiger partial charge in [-0.2, -0.15) is 0 Å². The SMILES string of the molecule is CCNC(=NCc1ccccc1CN1CCOCC1)NCC(C)CN1CCN(CC)CC1.I. The average Bonchev–Trinajstić information content (AvgIpc) is 2.83. The Morgan fingerprint density at radius 1 is 0.939 bits per heavy atom. The maximum Gasteiger partial charge on any atom is 0.191 e. The molecule has 2 heterocycles. The van der Waals surface area contributed by atoms with E-state index in [-0.39, 0.29) is 24.0 Å². The lowest BCUT2D eigenvalue weighted by molar-refractivity contribution is 0.0341. The van der Waals surface area contributed by atoms with Gasteiger partial charge in [-0.3, -0.25) is 4.90 Å². The largest absolute Gasteiger partial charge is 0.379 e. The lowest BCUT2D eigenvalue weighted by atomic mass is 10.1. The molecule has 2 N–H and O–H groups in total. The molecule has 1 atom stereocenters. The van der Waals surface area contributed by atoms with Gasteiger partial charge in [-0.15, -0.1) is 24.0 Å². The van der Waals surface area contributed by atoms with Crippen LogP contribution in [0.15, 0.2) is 29.3 Å². The van der Waals surface area contributed by atoms with Crippen molar-refractivity contribution in [1.82, 2.24) is 25.3 Å². The summed E-state index contributed by atoms with van der Waals surface area (Å²) in [5.74, 6) is 1.50. The van der Waals surface area contributed by atoms with Crippen molar-refractivity contribution in [2.45, 2.75) is 33.9 Å². The number of piperazine rings is 1. The highest BCUT2D eigenvalue weighted by molar-refractivity contribution is 14.0. The van der Waals surface area contributed by atoms with E-state index in [1.807, 2.05) is 0 Å². The molecule has 2 saturated heterocycles. The summed E-state index contributed by atoms with van der Waals surface area (Å²) in [6.07, 6.45) is 0. The third-order valence-electron chi connectivity index (χ3n) is 6.47. The highest BCUT2D eigenvalue weighted by Gasteiger charge is 2.17. The molecule has 188 valence electrons. The van der Waals surface area contributed by atoms with Gasteiger partial charge in [-0.05, 0) is 30.5 Å². The first-order valence-electron chi connectivity index (χ1n) is 12.5. The Hall–Kier alpha value is -0.940. The zero-order chi connectivity index (χ0) is 22.6. The second-order valence-electron chi connectivity index (χ2n) is 9.07. The third-order valence-corrected chi connectivity index (χ3v) is 6.47. The van der Waals surface area contributed by atoms with E-state index in [0.717, 1.165) is 58.4 Å². The molecule has 7 nitrogen and oxygen atoms in total. The summed E-state index contributed by atoms with van der Waals surface area (Å²) in [5.41, 5.74) is 2.67. The van der Waals surface area contributed by atoms with Gasteiger partial charge in [0.1, 0.15) is 0 Å². The quantitative estimate of drug-likeness (QED) is 0.256. The molecule has 2 aliphatic heterocycles. The molecule has 3 rings (SSSR count). The molecule has 2 aliphatic rings. The standard InChI is InChI=1S/C25H44N6O.HI/c1-4-26-25(27-18-22(3)20-30-12-10-29(5-2)11-13-30)28-19-23-8-6-7-9-24(23)21-31-14-16-32-17-15-31;/h6-9,22H,4-5,10-21H2,1-3H3,(H2,26,27,28);1H. The van der Waals surface area contributed by atoms with Gasteiger partial charge in [0.2, 0.25) is 0 Å². The Morgan fingerprint density at radius 2 is 1.61 bits per heavy atom. The van der Waals surface area contributed by atoms with Crippen LogP contribution >= 0.6 is 24.0 Å². The lowest BCUT2D eigenvalue weighted by Gasteiger charge is -2.35. The fraction of sp³-hybridized carbons (Fsp3) is 0.720. The number of aliphatic imine (C=N–C) groups is 1. The molecule has 0 saturated carbocycles. The summed E-state index contributed by atoms with van der Waals surface area (Å²) in [5, 5.41) is 6.99. The number of morpholine rings is 1. The minimum Gasteiger partial charge on any atom is -0.379 e. The average molecular weight is 573 g/mol. The number of nitrogens with zero attached hydrogens (tertiary/aromatic N) is 4. The van der Waals surface area contributed by atoms with E-state index in [4.69, 9.17) is 9.73 Å². The minimum absolute atomic E-state index is 0. The molecule has 0 aromatic heterocycles. The monoisotopic (exact) mass is 572 g/mol. The first kappa shape index (κ1) is 28.3. The third kappa shape index (κ3) is 10.1. The van der Waals surface area contributed by atoms with Gasteiger partial charge in [0, 0.05) is 65.4 Å². The molecular formula is C25H45IN6O. The van der Waals surface area contributed by atoms with Crippen LogP contribution in [-0.2, 0) is 17.8 Å². The molecule has 8 heteroatoms. The second kappa shape index (κ2) is 15.9. The van der Waals surface area contributed by atoms with E-state index in [0.29, 0.717) is 12.5 Å². The van der Waals surface area contributed by atoms with Crippen molar-refractivity contribution in [3.63, 3.8) is 0 Å². The first-order valence-corrected chi connectivity index (χ1v) is 12.5. The van der Waals surface area contributed by atoms with Crippen molar-refractivity contribution in [2.24, 2.45) is 10.9 Å². The van der Waals surface area contributed by atoms with Gasteiger partial charge in [-0.1, -0.05) is 38.1 Å². The Balaban J connectivity index is 0.00000385. The van der Waals surface area contributed by atoms with Gasteiger partial charge < -0.3 is 25.2 Å². The summed E-state index contributed by atoms with van der Waals surface area (Å²) < 4.78 is 5.49. The number of benzene rings is 1. The Labute approximate surface area is 218 Å². The van der Waals surface area contributed by atoms with E-state index in [1.54, 1.807) is 0 Å². The molecule has 1 aromatic carbocycles. The van der Waals surface area contributed by atoms with Crippen molar-refractivity contribution >= 4 is 29.9 Å². The van der Waals surface area contributed by atoms with Gasteiger partial charge in [0.05, 0.1) is 19.8 Å². The van der Waals surface area contributed by atoms with Crippen LogP contribution in [0.3, 0.4) is 0 Å². The predicted octanol–water partition coefficient (Wildman–Crippen LogP) is 2.47. The van der Waals surface area contributed by atoms with Crippen LogP contribution in [0.1, 0.15) is 31.9 Å². The highest BCUT2D eigenvalue weighted by Crippen LogP contribution is 2.14. The maximum absolute atomic E-state index is 5.49. The lowest BCUT2D eigenvalue weighted by Crippen LogP contribution is -2.48. The van der Waals surface area contributed by atoms with E-state index in [1.165, 1.54) is 43.9 Å². The number of halogens is 1. The van der Waals surface area contributed by atoms with Crippen LogP contribution in [0.2, 0.25) is 0 Å². The molecule has 0 amide bonds. The number of likely N-dealkylation sites (N-methyl/N-ethyl adjacent to an activating group) is 1. The van der Waals surface area contributed by atoms with Gasteiger partial charge >= 0.3 is 0 Å². The zero-order valence-electron chi connectivity index (χ0n) is 20.9. The van der Waals surface area contributed by atoms with Crippen molar-refractivity contribution < 1.29 is 4.74 Å². The van der Waals surface area contributed by atoms with Crippen LogP contribution in [0, 0.1) is 5.92 Å². The molecule has 0 aliphatic carbocycles. The maximum atomic E-state index is 5.49. The predicted molar refractivity (Wildman–Crippen MR) is 148 cm³/mol. The molecule has 0 radical (unpaired) electrons. The number of hydrogen-bond acceptors (Lipinski definition) is 5. The smallest absolute Gasteiger partial charge is 0.191 e. The summed E-state index contributed by atoms with van der Waals surface area (Å²) in [6, 6.07) is 8.70. The van der Waals surface area contributed by atoms with E-state index >= 15 is 0 Å². The highest BCUT2D eigenvalue weighted by atomic mass is 127. The van der Waals surface area contributed by atoms with Crippen molar-refractivity contribution in [1.29, 1.82) is 0 Å². The summed E-state index contributed by atoms with van der Waals surface area (Å²) >= 11 is 0. The fourth-order valence-corrected chi connectivity index (χ4v) is 4.44. The van der Waals surface area contributed by atoms with Crippen LogP contribution in [0.5, 0.6) is 0 Å². The number of nitrogens with one attached hydrogen (secondary N) is 2. The minimum atomic E-state index is 0. The van der Waals surface area contributed by atoms with Crippen LogP contribution in [-0.4, -0.2) is 99.3 Å². The molecule has 1 aromatic rings. The zero-order valence-corrected chi connectivity index (χ0v) is 23.2. The number of ether oxygens (including phenoxy) is 1. The van der Waals surface area contributed by atoms with E-state index < -0.39 is 0 Å². The summed E-state index contributed by atoms with van der Waals surface area (Å²) in [4.78, 5) is 12.5. The number of guanidine groups is 1. The Bertz CT molecular complexity index is 689. The number of hydrogen-bond donors (Lipinski definition) is 2. The molecule has 0 bridgehead atoms. The fourth-order valence-electron chi connectivity index (χ4n) is 4.44. The molecule has 0 spiro atoms. The van der Waals surface area contributed by atoms with E-state index in [2.05, 4.69) is 70.4 Å². The van der Waals surface area contributed by atoms with Gasteiger partial charge in [-0.25, -0.2) is 4.99 Å². The summed E-state index contributed by atoms with van der Waals surface area (Å²) in [6.45, 7) is 21.0. The number of rotatable bonds is 10. The molecular weight excluding hydrogens is 527 g/mol. The van der Waals surface area contributed by atoms with Crippen LogP contribution in [0.25, 0.3) is 0 Å². The normalized spacial score (nSPS) is 19.7. The van der Waals surface area contributed by atoms with Crippen molar-refractivity contribution in [3.8, 4) is 0 Å². The van der Waals surface area contributed by atoms with Crippen LogP contribution < -0.4 is 10.6 Å². The van der Waals surface area contributed by atoms with E-state index in [9.17, 15) is 0 Å².